The molecule has 0 saturated carbocycles. The maximum Gasteiger partial charge on any atom is 0.394 e. The molecule has 0 aromatic rings. The lowest BCUT2D eigenvalue weighted by atomic mass is 10.4. The van der Waals surface area contributed by atoms with E-state index >= 15 is 0 Å². The van der Waals surface area contributed by atoms with Crippen LogP contribution in [0.2, 0.25) is 0 Å². The van der Waals surface area contributed by atoms with Gasteiger partial charge < -0.3 is 9.96 Å². The van der Waals surface area contributed by atoms with Crippen LogP contribution in [0.25, 0.3) is 0 Å². The smallest absolute Gasteiger partial charge is 0.394 e. The highest BCUT2D eigenvalue weighted by molar-refractivity contribution is 9.00. The van der Waals surface area contributed by atoms with Gasteiger partial charge in [0.2, 0.25) is 7.98 Å². The van der Waals surface area contributed by atoms with Crippen LogP contribution in [0.4, 0.5) is 4.79 Å². The summed E-state index contributed by atoms with van der Waals surface area (Å²) < 4.78 is 4.70. The molecule has 3 nitrogen and oxygen atoms in total. The molecule has 0 rings (SSSR count). The molecule has 12 heavy (non-hydrogen) atoms. The van der Waals surface area contributed by atoms with Gasteiger partial charge in [-0.05, 0) is 33.2 Å². The van der Waals surface area contributed by atoms with E-state index in [2.05, 4.69) is 0 Å². The number of halogens is 1. The Morgan fingerprint density at radius 2 is 2.33 bits per heavy atom. The first-order chi connectivity index (χ1) is 5.52. The van der Waals surface area contributed by atoms with Gasteiger partial charge in [0, 0.05) is 5.75 Å². The standard InChI is InChI=1S/C5H11BClNO2S2/c1-12(2,11-7)4-3-10-5(9)8-6/h3-4H2,1-2H3,(H,8,9). The average Bonchev–Trinajstić information content (AvgIpc) is 2.04. The molecule has 0 aromatic carbocycles. The molecule has 1 amide bonds. The van der Waals surface area contributed by atoms with Crippen LogP contribution in [-0.2, 0) is 4.74 Å². The Balaban J connectivity index is 3.49. The van der Waals surface area contributed by atoms with Gasteiger partial charge >= 0.3 is 6.09 Å². The topological polar surface area (TPSA) is 38.3 Å². The summed E-state index contributed by atoms with van der Waals surface area (Å²) in [6.45, 7) is 0.352. The quantitative estimate of drug-likeness (QED) is 0.586. The van der Waals surface area contributed by atoms with Gasteiger partial charge in [0.15, 0.2) is 0 Å². The fourth-order valence-corrected chi connectivity index (χ4v) is 1.92. The summed E-state index contributed by atoms with van der Waals surface area (Å²) in [5, 5.41) is 1.88. The van der Waals surface area contributed by atoms with Gasteiger partial charge in [-0.3, -0.25) is 0 Å². The molecule has 0 heterocycles. The number of nitrogens with one attached hydrogen (secondary N) is 1. The average molecular weight is 228 g/mol. The number of carbonyl (C=O) groups excluding carboxylic acids is 1. The monoisotopic (exact) mass is 227 g/mol. The van der Waals surface area contributed by atoms with Crippen LogP contribution in [0.1, 0.15) is 0 Å². The molecule has 0 saturated heterocycles. The fraction of sp³-hybridized carbons (Fsp3) is 0.800. The van der Waals surface area contributed by atoms with E-state index in [-0.39, 0.29) is 0 Å². The van der Waals surface area contributed by atoms with Gasteiger partial charge in [0.05, 0.1) is 0 Å². The van der Waals surface area contributed by atoms with Crippen molar-refractivity contribution in [1.29, 1.82) is 0 Å². The normalized spacial score (nSPS) is 12.2. The minimum Gasteiger partial charge on any atom is -0.450 e. The third-order valence-electron chi connectivity index (χ3n) is 1.10. The molecule has 7 heteroatoms. The number of hydrogen-bond acceptors (Lipinski definition) is 3. The zero-order valence-electron chi connectivity index (χ0n) is 7.00. The van der Waals surface area contributed by atoms with Crippen LogP contribution in [0.5, 0.6) is 0 Å². The predicted molar refractivity (Wildman–Crippen MR) is 58.0 cm³/mol. The molecule has 0 aliphatic heterocycles. The van der Waals surface area contributed by atoms with Gasteiger partial charge in [-0.25, -0.2) is 4.79 Å². The minimum absolute atomic E-state index is 0.352. The molecule has 0 atom stereocenters. The lowest BCUT2D eigenvalue weighted by Gasteiger charge is -2.25. The maximum atomic E-state index is 10.5. The van der Waals surface area contributed by atoms with Gasteiger partial charge in [-0.2, -0.15) is 9.06 Å². The summed E-state index contributed by atoms with van der Waals surface area (Å²) in [5.74, 6) is 0.772. The molecule has 0 bridgehead atoms. The zero-order valence-corrected chi connectivity index (χ0v) is 9.39. The largest absolute Gasteiger partial charge is 0.450 e. The summed E-state index contributed by atoms with van der Waals surface area (Å²) in [6.07, 6.45) is 3.49. The van der Waals surface area contributed by atoms with Crippen LogP contribution in [0, 0.1) is 0 Å². The van der Waals surface area contributed by atoms with Crippen molar-refractivity contribution in [2.45, 2.75) is 0 Å². The number of hydrogen-bond donors (Lipinski definition) is 1. The van der Waals surface area contributed by atoms with Crippen molar-refractivity contribution in [2.75, 3.05) is 24.9 Å². The first-order valence-electron chi connectivity index (χ1n) is 3.16. The second-order valence-corrected chi connectivity index (χ2v) is 10.1. The Bertz CT molecular complexity index is 158. The summed E-state index contributed by atoms with van der Waals surface area (Å²) in [4.78, 5) is 10.5. The first kappa shape index (κ1) is 12.3. The van der Waals surface area contributed by atoms with Crippen molar-refractivity contribution >= 4 is 43.8 Å². The maximum absolute atomic E-state index is 10.5. The molecule has 0 fully saturated rings. The number of carbonyl (C=O) groups is 1. The van der Waals surface area contributed by atoms with Crippen molar-refractivity contribution in [3.63, 3.8) is 0 Å². The SMILES string of the molecule is [B]NC(=O)OCCS(C)(C)SCl. The molecule has 70 valence electrons. The highest BCUT2D eigenvalue weighted by Crippen LogP contribution is 2.55. The van der Waals surface area contributed by atoms with E-state index in [1.54, 1.807) is 0 Å². The van der Waals surface area contributed by atoms with E-state index in [1.807, 2.05) is 17.7 Å². The molecular formula is C5H11BClNO2S2. The summed E-state index contributed by atoms with van der Waals surface area (Å²) in [5.41, 5.74) is 0. The molecule has 0 unspecified atom stereocenters. The number of rotatable bonds is 4. The molecule has 0 aliphatic rings. The highest BCUT2D eigenvalue weighted by Gasteiger charge is 2.11. The molecule has 0 spiro atoms. The van der Waals surface area contributed by atoms with E-state index < -0.39 is 15.2 Å². The Morgan fingerprint density at radius 3 is 2.75 bits per heavy atom. The molecule has 1 N–H and O–H groups in total. The van der Waals surface area contributed by atoms with Crippen LogP contribution in [-0.4, -0.2) is 38.9 Å². The third-order valence-corrected chi connectivity index (χ3v) is 7.18. The van der Waals surface area contributed by atoms with E-state index in [9.17, 15) is 4.79 Å². The molecule has 2 radical (unpaired) electrons. The number of amides is 1. The highest BCUT2D eigenvalue weighted by atomic mass is 35.7. The molecular weight excluding hydrogens is 216 g/mol. The predicted octanol–water partition coefficient (Wildman–Crippen LogP) is 1.66. The lowest BCUT2D eigenvalue weighted by Crippen LogP contribution is -2.22. The van der Waals surface area contributed by atoms with Crippen LogP contribution < -0.4 is 5.23 Å². The van der Waals surface area contributed by atoms with Gasteiger partial charge in [0.1, 0.15) is 6.61 Å². The Morgan fingerprint density at radius 1 is 1.75 bits per heavy atom. The van der Waals surface area contributed by atoms with Crippen LogP contribution in [0.3, 0.4) is 0 Å². The van der Waals surface area contributed by atoms with E-state index in [0.717, 1.165) is 5.75 Å². The van der Waals surface area contributed by atoms with E-state index in [4.69, 9.17) is 23.4 Å². The van der Waals surface area contributed by atoms with Gasteiger partial charge in [-0.15, -0.1) is 0 Å². The van der Waals surface area contributed by atoms with Crippen molar-refractivity contribution in [1.82, 2.24) is 5.23 Å². The van der Waals surface area contributed by atoms with E-state index in [1.165, 1.54) is 10.0 Å². The van der Waals surface area contributed by atoms with Crippen molar-refractivity contribution in [2.24, 2.45) is 0 Å². The Hall–Kier alpha value is 0.325. The Labute approximate surface area is 83.6 Å². The summed E-state index contributed by atoms with van der Waals surface area (Å²) in [7, 11) is 10.8. The number of ether oxygens (including phenoxy) is 1. The van der Waals surface area contributed by atoms with Gasteiger partial charge in [0.25, 0.3) is 0 Å². The van der Waals surface area contributed by atoms with Crippen molar-refractivity contribution < 1.29 is 9.53 Å². The molecule has 0 aliphatic carbocycles. The second-order valence-electron chi connectivity index (χ2n) is 2.48. The zero-order chi connectivity index (χ0) is 9.61. The second kappa shape index (κ2) is 5.88. The summed E-state index contributed by atoms with van der Waals surface area (Å²) in [6, 6.07) is 0. The van der Waals surface area contributed by atoms with Gasteiger partial charge in [-0.1, -0.05) is 0 Å². The van der Waals surface area contributed by atoms with Crippen molar-refractivity contribution in [3.8, 4) is 0 Å². The van der Waals surface area contributed by atoms with Crippen molar-refractivity contribution in [3.05, 3.63) is 0 Å². The van der Waals surface area contributed by atoms with Crippen LogP contribution in [0.15, 0.2) is 0 Å². The fourth-order valence-electron chi connectivity index (χ4n) is 0.408. The van der Waals surface area contributed by atoms with Crippen LogP contribution >= 0.6 is 29.7 Å². The lowest BCUT2D eigenvalue weighted by molar-refractivity contribution is 0.160. The first-order valence-corrected chi connectivity index (χ1v) is 7.94. The molecule has 0 aromatic heterocycles. The Kier molecular flexibility index (Phi) is 6.04. The summed E-state index contributed by atoms with van der Waals surface area (Å²) >= 11 is 0. The van der Waals surface area contributed by atoms with E-state index in [0.29, 0.717) is 6.61 Å². The third kappa shape index (κ3) is 5.91. The minimum atomic E-state index is -0.887.